The molecule has 1 heterocycles. The van der Waals surface area contributed by atoms with Crippen LogP contribution in [0.3, 0.4) is 0 Å². The van der Waals surface area contributed by atoms with Crippen LogP contribution in [0.4, 0.5) is 0 Å². The van der Waals surface area contributed by atoms with Crippen LogP contribution >= 0.6 is 35.6 Å². The minimum absolute atomic E-state index is 0. The molecule has 7 heteroatoms. The maximum absolute atomic E-state index is 12.1. The second-order valence-electron chi connectivity index (χ2n) is 4.97. The van der Waals surface area contributed by atoms with Gasteiger partial charge in [-0.1, -0.05) is 29.3 Å². The van der Waals surface area contributed by atoms with E-state index in [1.165, 1.54) is 0 Å². The zero-order valence-electron chi connectivity index (χ0n) is 11.5. The lowest BCUT2D eigenvalue weighted by molar-refractivity contribution is -0.129. The molecule has 1 aromatic carbocycles. The van der Waals surface area contributed by atoms with E-state index < -0.39 is 5.54 Å². The van der Waals surface area contributed by atoms with Crippen LogP contribution < -0.4 is 11.1 Å². The number of hydrogen-bond acceptors (Lipinski definition) is 3. The van der Waals surface area contributed by atoms with Gasteiger partial charge in [-0.15, -0.1) is 12.4 Å². The molecule has 0 radical (unpaired) electrons. The highest BCUT2D eigenvalue weighted by Gasteiger charge is 2.35. The van der Waals surface area contributed by atoms with Crippen molar-refractivity contribution in [3.8, 4) is 0 Å². The summed E-state index contributed by atoms with van der Waals surface area (Å²) in [6, 6.07) is 5.37. The summed E-state index contributed by atoms with van der Waals surface area (Å²) in [5, 5.41) is 4.08. The first-order valence-corrected chi connectivity index (χ1v) is 7.36. The van der Waals surface area contributed by atoms with Gasteiger partial charge in [0.05, 0.1) is 5.54 Å². The average Bonchev–Trinajstić information content (AvgIpc) is 2.42. The van der Waals surface area contributed by atoms with Crippen molar-refractivity contribution in [2.24, 2.45) is 5.73 Å². The molecule has 0 bridgehead atoms. The SMILES string of the molecule is Cl.NC1(C(=O)NCCc2c(Cl)cccc2Cl)CCOCC1. The lowest BCUT2D eigenvalue weighted by atomic mass is 9.90. The van der Waals surface area contributed by atoms with E-state index >= 15 is 0 Å². The Morgan fingerprint density at radius 1 is 1.29 bits per heavy atom. The molecule has 0 unspecified atom stereocenters. The highest BCUT2D eigenvalue weighted by molar-refractivity contribution is 6.35. The third kappa shape index (κ3) is 4.73. The molecule has 21 heavy (non-hydrogen) atoms. The molecule has 1 fully saturated rings. The van der Waals surface area contributed by atoms with E-state index in [0.717, 1.165) is 5.56 Å². The van der Waals surface area contributed by atoms with Crippen LogP contribution in [0.25, 0.3) is 0 Å². The Labute approximate surface area is 140 Å². The number of halogens is 3. The molecule has 1 aliphatic rings. The number of carbonyl (C=O) groups is 1. The maximum Gasteiger partial charge on any atom is 0.240 e. The van der Waals surface area contributed by atoms with E-state index in [4.69, 9.17) is 33.7 Å². The summed E-state index contributed by atoms with van der Waals surface area (Å²) in [6.45, 7) is 1.52. The van der Waals surface area contributed by atoms with Crippen LogP contribution in [0, 0.1) is 0 Å². The third-order valence-electron chi connectivity index (χ3n) is 3.56. The zero-order chi connectivity index (χ0) is 14.6. The fourth-order valence-electron chi connectivity index (χ4n) is 2.21. The largest absolute Gasteiger partial charge is 0.381 e. The van der Waals surface area contributed by atoms with Gasteiger partial charge < -0.3 is 15.8 Å². The third-order valence-corrected chi connectivity index (χ3v) is 4.27. The van der Waals surface area contributed by atoms with E-state index in [1.807, 2.05) is 0 Å². The molecular weight excluding hydrogens is 335 g/mol. The van der Waals surface area contributed by atoms with Crippen LogP contribution in [0.2, 0.25) is 10.0 Å². The molecule has 3 N–H and O–H groups in total. The topological polar surface area (TPSA) is 64.4 Å². The number of ether oxygens (including phenoxy) is 1. The van der Waals surface area contributed by atoms with Crippen LogP contribution in [-0.4, -0.2) is 31.2 Å². The number of benzene rings is 1. The minimum Gasteiger partial charge on any atom is -0.381 e. The molecule has 0 aromatic heterocycles. The van der Waals surface area contributed by atoms with Gasteiger partial charge in [0.2, 0.25) is 5.91 Å². The predicted octanol–water partition coefficient (Wildman–Crippen LogP) is 2.58. The van der Waals surface area contributed by atoms with Crippen molar-refractivity contribution in [2.75, 3.05) is 19.8 Å². The standard InChI is InChI=1S/C14H18Cl2N2O2.ClH/c15-11-2-1-3-12(16)10(11)4-7-18-13(19)14(17)5-8-20-9-6-14;/h1-3H,4-9,17H2,(H,18,19);1H. The Morgan fingerprint density at radius 3 is 2.43 bits per heavy atom. The molecular formula is C14H19Cl3N2O2. The fourth-order valence-corrected chi connectivity index (χ4v) is 2.80. The first kappa shape index (κ1) is 18.5. The van der Waals surface area contributed by atoms with Crippen molar-refractivity contribution in [2.45, 2.75) is 24.8 Å². The Kier molecular flexibility index (Phi) is 7.24. The predicted molar refractivity (Wildman–Crippen MR) is 87.4 cm³/mol. The minimum atomic E-state index is -0.817. The highest BCUT2D eigenvalue weighted by Crippen LogP contribution is 2.24. The van der Waals surface area contributed by atoms with Crippen molar-refractivity contribution in [3.63, 3.8) is 0 Å². The van der Waals surface area contributed by atoms with Crippen LogP contribution in [-0.2, 0) is 16.0 Å². The molecule has 1 amide bonds. The summed E-state index contributed by atoms with van der Waals surface area (Å²) in [5.74, 6) is -0.135. The van der Waals surface area contributed by atoms with Crippen LogP contribution in [0.15, 0.2) is 18.2 Å². The molecule has 1 aliphatic heterocycles. The first-order valence-electron chi connectivity index (χ1n) is 6.61. The van der Waals surface area contributed by atoms with Crippen molar-refractivity contribution >= 4 is 41.5 Å². The molecule has 0 spiro atoms. The second kappa shape index (κ2) is 8.20. The smallest absolute Gasteiger partial charge is 0.240 e. The van der Waals surface area contributed by atoms with Crippen molar-refractivity contribution < 1.29 is 9.53 Å². The van der Waals surface area contributed by atoms with Gasteiger partial charge in [-0.25, -0.2) is 0 Å². The quantitative estimate of drug-likeness (QED) is 0.874. The van der Waals surface area contributed by atoms with Gasteiger partial charge in [-0.2, -0.15) is 0 Å². The van der Waals surface area contributed by atoms with Gasteiger partial charge in [0.15, 0.2) is 0 Å². The van der Waals surface area contributed by atoms with Gasteiger partial charge in [0.25, 0.3) is 0 Å². The van der Waals surface area contributed by atoms with Crippen molar-refractivity contribution in [3.05, 3.63) is 33.8 Å². The summed E-state index contributed by atoms with van der Waals surface area (Å²) >= 11 is 12.2. The Balaban J connectivity index is 0.00000220. The average molecular weight is 354 g/mol. The van der Waals surface area contributed by atoms with Gasteiger partial charge in [0.1, 0.15) is 0 Å². The molecule has 0 saturated carbocycles. The number of hydrogen-bond donors (Lipinski definition) is 2. The molecule has 2 rings (SSSR count). The van der Waals surface area contributed by atoms with Crippen LogP contribution in [0.1, 0.15) is 18.4 Å². The molecule has 0 atom stereocenters. The van der Waals surface area contributed by atoms with E-state index in [-0.39, 0.29) is 18.3 Å². The van der Waals surface area contributed by atoms with E-state index in [0.29, 0.717) is 49.1 Å². The number of nitrogens with two attached hydrogens (primary N) is 1. The summed E-state index contributed by atoms with van der Waals surface area (Å²) in [7, 11) is 0. The molecule has 1 aromatic rings. The van der Waals surface area contributed by atoms with E-state index in [1.54, 1.807) is 18.2 Å². The van der Waals surface area contributed by atoms with Gasteiger partial charge in [-0.05, 0) is 37.0 Å². The lowest BCUT2D eigenvalue weighted by Crippen LogP contribution is -2.57. The maximum atomic E-state index is 12.1. The van der Waals surface area contributed by atoms with Gasteiger partial charge in [0, 0.05) is 29.8 Å². The fraction of sp³-hybridized carbons (Fsp3) is 0.500. The molecule has 4 nitrogen and oxygen atoms in total. The summed E-state index contributed by atoms with van der Waals surface area (Å²) in [5.41, 5.74) is 6.12. The van der Waals surface area contributed by atoms with E-state index in [2.05, 4.69) is 5.32 Å². The second-order valence-corrected chi connectivity index (χ2v) is 5.79. The lowest BCUT2D eigenvalue weighted by Gasteiger charge is -2.31. The summed E-state index contributed by atoms with van der Waals surface area (Å²) in [4.78, 5) is 12.1. The Hall–Kier alpha value is -0.520. The highest BCUT2D eigenvalue weighted by atomic mass is 35.5. The number of amides is 1. The normalized spacial score (nSPS) is 16.9. The molecule has 118 valence electrons. The van der Waals surface area contributed by atoms with Crippen molar-refractivity contribution in [1.82, 2.24) is 5.32 Å². The summed E-state index contributed by atoms with van der Waals surface area (Å²) in [6.07, 6.45) is 1.67. The van der Waals surface area contributed by atoms with Crippen LogP contribution in [0.5, 0.6) is 0 Å². The number of rotatable bonds is 4. The molecule has 1 saturated heterocycles. The van der Waals surface area contributed by atoms with Gasteiger partial charge >= 0.3 is 0 Å². The van der Waals surface area contributed by atoms with E-state index in [9.17, 15) is 4.79 Å². The number of nitrogens with one attached hydrogen (secondary N) is 1. The first-order chi connectivity index (χ1) is 9.53. The monoisotopic (exact) mass is 352 g/mol. The van der Waals surface area contributed by atoms with Crippen molar-refractivity contribution in [1.29, 1.82) is 0 Å². The zero-order valence-corrected chi connectivity index (χ0v) is 13.9. The number of carbonyl (C=O) groups excluding carboxylic acids is 1. The molecule has 0 aliphatic carbocycles. The van der Waals surface area contributed by atoms with Gasteiger partial charge in [-0.3, -0.25) is 4.79 Å². The Morgan fingerprint density at radius 2 is 1.86 bits per heavy atom. The Bertz CT molecular complexity index is 471. The summed E-state index contributed by atoms with van der Waals surface area (Å²) < 4.78 is 5.23.